The van der Waals surface area contributed by atoms with Crippen LogP contribution in [-0.4, -0.2) is 29.6 Å². The number of anilines is 1. The monoisotopic (exact) mass is 377 g/mol. The highest BCUT2D eigenvalue weighted by molar-refractivity contribution is 7.11. The average molecular weight is 377 g/mol. The lowest BCUT2D eigenvalue weighted by molar-refractivity contribution is 0.407. The lowest BCUT2D eigenvalue weighted by Crippen LogP contribution is -2.26. The van der Waals surface area contributed by atoms with Gasteiger partial charge in [0.15, 0.2) is 0 Å². The molecule has 1 aliphatic rings. The smallest absolute Gasteiger partial charge is 0.142 e. The summed E-state index contributed by atoms with van der Waals surface area (Å²) in [6.07, 6.45) is 0. The molecule has 0 radical (unpaired) electrons. The highest BCUT2D eigenvalue weighted by Crippen LogP contribution is 2.37. The Labute approximate surface area is 161 Å². The second kappa shape index (κ2) is 6.89. The van der Waals surface area contributed by atoms with Gasteiger partial charge in [-0.25, -0.2) is 4.98 Å². The van der Waals surface area contributed by atoms with Crippen LogP contribution in [0.3, 0.4) is 0 Å². The number of para-hydroxylation sites is 2. The number of ether oxygens (including phenoxy) is 1. The molecule has 0 atom stereocenters. The quantitative estimate of drug-likeness (QED) is 0.679. The zero-order chi connectivity index (χ0) is 19.0. The molecule has 0 unspecified atom stereocenters. The predicted octanol–water partition coefficient (Wildman–Crippen LogP) is 4.89. The average Bonchev–Trinajstić information content (AvgIpc) is 3.26. The topological polar surface area (TPSA) is 69.4 Å². The Morgan fingerprint density at radius 3 is 2.63 bits per heavy atom. The van der Waals surface area contributed by atoms with Crippen LogP contribution in [-0.2, 0) is 0 Å². The largest absolute Gasteiger partial charge is 0.510 e. The fourth-order valence-electron chi connectivity index (χ4n) is 3.11. The molecule has 5 nitrogen and oxygen atoms in total. The van der Waals surface area contributed by atoms with E-state index in [-0.39, 0.29) is 18.1 Å². The number of aliphatic hydroxyl groups is 1. The zero-order valence-corrected chi connectivity index (χ0v) is 15.9. The van der Waals surface area contributed by atoms with Crippen molar-refractivity contribution in [3.63, 3.8) is 0 Å². The summed E-state index contributed by atoms with van der Waals surface area (Å²) in [4.78, 5) is 6.40. The van der Waals surface area contributed by atoms with E-state index in [1.54, 1.807) is 12.0 Å². The number of aliphatic hydroxyl groups excluding tert-OH is 1. The number of nitrogens with one attached hydrogen (secondary N) is 1. The minimum Gasteiger partial charge on any atom is -0.510 e. The van der Waals surface area contributed by atoms with Gasteiger partial charge in [0.1, 0.15) is 22.4 Å². The molecule has 2 aromatic carbocycles. The van der Waals surface area contributed by atoms with Gasteiger partial charge in [0.05, 0.1) is 30.6 Å². The summed E-state index contributed by atoms with van der Waals surface area (Å²) in [7, 11) is 1.60. The van der Waals surface area contributed by atoms with Crippen LogP contribution in [0.5, 0.6) is 5.75 Å². The van der Waals surface area contributed by atoms with Crippen molar-refractivity contribution in [2.24, 2.45) is 0 Å². The molecule has 27 heavy (non-hydrogen) atoms. The molecule has 0 saturated heterocycles. The van der Waals surface area contributed by atoms with E-state index >= 15 is 0 Å². The van der Waals surface area contributed by atoms with E-state index in [0.29, 0.717) is 16.3 Å². The first kappa shape index (κ1) is 17.3. The van der Waals surface area contributed by atoms with E-state index in [9.17, 15) is 5.11 Å². The van der Waals surface area contributed by atoms with Crippen molar-refractivity contribution in [1.82, 2.24) is 4.98 Å². The number of benzene rings is 2. The summed E-state index contributed by atoms with van der Waals surface area (Å²) in [5.41, 5.74) is 4.29. The van der Waals surface area contributed by atoms with Gasteiger partial charge in [-0.05, 0) is 19.1 Å². The highest BCUT2D eigenvalue weighted by atomic mass is 32.1. The normalized spacial score (nSPS) is 14.1. The summed E-state index contributed by atoms with van der Waals surface area (Å²) in [6.45, 7) is 2.28. The number of thiazole rings is 1. The summed E-state index contributed by atoms with van der Waals surface area (Å²) in [5.74, 6) is 1.04. The summed E-state index contributed by atoms with van der Waals surface area (Å²) in [6, 6.07) is 15.6. The Bertz CT molecular complexity index is 1040. The van der Waals surface area contributed by atoms with Gasteiger partial charge in [0, 0.05) is 10.9 Å². The fraction of sp³-hybridized carbons (Fsp3) is 0.143. The molecule has 0 saturated carbocycles. The lowest BCUT2D eigenvalue weighted by atomic mass is 10.1. The Morgan fingerprint density at radius 1 is 1.15 bits per heavy atom. The van der Waals surface area contributed by atoms with Crippen LogP contribution in [0.1, 0.15) is 10.6 Å². The minimum absolute atomic E-state index is 0.149. The van der Waals surface area contributed by atoms with Crippen LogP contribution < -0.4 is 9.64 Å². The molecule has 1 aliphatic heterocycles. The van der Waals surface area contributed by atoms with Crippen LogP contribution in [0.15, 0.2) is 59.7 Å². The molecule has 4 rings (SSSR count). The first-order valence-corrected chi connectivity index (χ1v) is 9.41. The van der Waals surface area contributed by atoms with Crippen LogP contribution in [0.2, 0.25) is 0 Å². The SMILES string of the molecule is COc1ccccc1N1CC(O)=C(c2nc(-c3ccc(C)cc3)cs2)C1=N. The Kier molecular flexibility index (Phi) is 4.41. The van der Waals surface area contributed by atoms with Crippen LogP contribution >= 0.6 is 11.3 Å². The van der Waals surface area contributed by atoms with E-state index in [4.69, 9.17) is 10.1 Å². The van der Waals surface area contributed by atoms with Crippen LogP contribution in [0.25, 0.3) is 16.8 Å². The van der Waals surface area contributed by atoms with Crippen molar-refractivity contribution < 1.29 is 9.84 Å². The van der Waals surface area contributed by atoms with Crippen molar-refractivity contribution in [3.05, 3.63) is 70.2 Å². The van der Waals surface area contributed by atoms with Gasteiger partial charge in [-0.3, -0.25) is 5.41 Å². The molecule has 0 bridgehead atoms. The van der Waals surface area contributed by atoms with E-state index < -0.39 is 0 Å². The summed E-state index contributed by atoms with van der Waals surface area (Å²) in [5, 5.41) is 21.8. The Hall–Kier alpha value is -3.12. The van der Waals surface area contributed by atoms with Gasteiger partial charge < -0.3 is 14.7 Å². The van der Waals surface area contributed by atoms with E-state index in [0.717, 1.165) is 16.9 Å². The van der Waals surface area contributed by atoms with Crippen LogP contribution in [0, 0.1) is 12.3 Å². The Balaban J connectivity index is 1.66. The lowest BCUT2D eigenvalue weighted by Gasteiger charge is -2.21. The van der Waals surface area contributed by atoms with Crippen molar-refractivity contribution in [2.45, 2.75) is 6.92 Å². The first-order valence-electron chi connectivity index (χ1n) is 8.53. The summed E-state index contributed by atoms with van der Waals surface area (Å²) >= 11 is 1.43. The highest BCUT2D eigenvalue weighted by Gasteiger charge is 2.32. The molecule has 0 amide bonds. The second-order valence-electron chi connectivity index (χ2n) is 6.33. The molecule has 3 aromatic rings. The number of hydrogen-bond acceptors (Lipinski definition) is 5. The van der Waals surface area contributed by atoms with Gasteiger partial charge in [-0.1, -0.05) is 42.0 Å². The number of amidine groups is 1. The number of aromatic nitrogens is 1. The van der Waals surface area contributed by atoms with E-state index in [1.165, 1.54) is 16.9 Å². The third-order valence-electron chi connectivity index (χ3n) is 4.54. The molecule has 2 N–H and O–H groups in total. The van der Waals surface area contributed by atoms with Gasteiger partial charge in [-0.15, -0.1) is 11.3 Å². The minimum atomic E-state index is 0.149. The first-order chi connectivity index (χ1) is 13.1. The Morgan fingerprint density at radius 2 is 1.89 bits per heavy atom. The van der Waals surface area contributed by atoms with E-state index in [2.05, 4.69) is 4.98 Å². The fourth-order valence-corrected chi connectivity index (χ4v) is 4.00. The molecule has 0 aliphatic carbocycles. The van der Waals surface area contributed by atoms with Crippen molar-refractivity contribution in [1.29, 1.82) is 5.41 Å². The van der Waals surface area contributed by atoms with Crippen molar-refractivity contribution >= 4 is 28.4 Å². The van der Waals surface area contributed by atoms with E-state index in [1.807, 2.05) is 60.8 Å². The maximum atomic E-state index is 10.5. The number of hydrogen-bond donors (Lipinski definition) is 2. The number of rotatable bonds is 4. The van der Waals surface area contributed by atoms with Gasteiger partial charge in [0.25, 0.3) is 0 Å². The molecule has 2 heterocycles. The van der Waals surface area contributed by atoms with Gasteiger partial charge >= 0.3 is 0 Å². The predicted molar refractivity (Wildman–Crippen MR) is 110 cm³/mol. The number of aryl methyl sites for hydroxylation is 1. The van der Waals surface area contributed by atoms with Crippen molar-refractivity contribution in [2.75, 3.05) is 18.6 Å². The van der Waals surface area contributed by atoms with Crippen LogP contribution in [0.4, 0.5) is 5.69 Å². The zero-order valence-electron chi connectivity index (χ0n) is 15.1. The molecule has 136 valence electrons. The maximum Gasteiger partial charge on any atom is 0.142 e. The molecule has 0 spiro atoms. The standard InChI is InChI=1S/C21H19N3O2S/c1-13-7-9-14(10-8-13)15-12-27-21(23-15)19-17(25)11-24(20(19)22)16-5-3-4-6-18(16)26-2/h3-10,12,22,25H,11H2,1-2H3. The molecular formula is C21H19N3O2S. The second-order valence-corrected chi connectivity index (χ2v) is 7.19. The third-order valence-corrected chi connectivity index (χ3v) is 5.40. The molecule has 6 heteroatoms. The third kappa shape index (κ3) is 3.08. The number of methoxy groups -OCH3 is 1. The van der Waals surface area contributed by atoms with Gasteiger partial charge in [0.2, 0.25) is 0 Å². The molecule has 0 fully saturated rings. The number of nitrogens with zero attached hydrogens (tertiary/aromatic N) is 2. The van der Waals surface area contributed by atoms with Crippen molar-refractivity contribution in [3.8, 4) is 17.0 Å². The maximum absolute atomic E-state index is 10.5. The molecule has 1 aromatic heterocycles. The van der Waals surface area contributed by atoms with Gasteiger partial charge in [-0.2, -0.15) is 0 Å². The summed E-state index contributed by atoms with van der Waals surface area (Å²) < 4.78 is 5.40. The molecular weight excluding hydrogens is 358 g/mol.